The van der Waals surface area contributed by atoms with E-state index < -0.39 is 5.97 Å². The molecule has 0 fully saturated rings. The molecule has 114 valence electrons. The number of carbonyl (C=O) groups excluding carboxylic acids is 1. The van der Waals surface area contributed by atoms with Crippen molar-refractivity contribution in [3.05, 3.63) is 40.8 Å². The zero-order valence-electron chi connectivity index (χ0n) is 12.5. The molecule has 0 saturated carbocycles. The lowest BCUT2D eigenvalue weighted by Crippen LogP contribution is -2.13. The highest BCUT2D eigenvalue weighted by atomic mass is 16.5. The highest BCUT2D eigenvalue weighted by Crippen LogP contribution is 2.16. The maximum Gasteiger partial charge on any atom is 0.341 e. The van der Waals surface area contributed by atoms with Gasteiger partial charge in [0.2, 0.25) is 0 Å². The minimum absolute atomic E-state index is 0.110. The molecule has 0 aliphatic rings. The van der Waals surface area contributed by atoms with Crippen LogP contribution in [0.3, 0.4) is 0 Å². The molecule has 22 heavy (non-hydrogen) atoms. The van der Waals surface area contributed by atoms with Crippen molar-refractivity contribution in [3.63, 3.8) is 0 Å². The summed E-state index contributed by atoms with van der Waals surface area (Å²) in [6.45, 7) is 5.63. The van der Waals surface area contributed by atoms with Crippen LogP contribution in [-0.2, 0) is 17.8 Å². The number of esters is 1. The molecule has 0 aromatic carbocycles. The summed E-state index contributed by atoms with van der Waals surface area (Å²) in [7, 11) is 0. The smallest absolute Gasteiger partial charge is 0.341 e. The summed E-state index contributed by atoms with van der Waals surface area (Å²) in [6.07, 6.45) is 3.48. The number of ether oxygens (including phenoxy) is 1. The molecule has 0 radical (unpaired) electrons. The Labute approximate surface area is 126 Å². The van der Waals surface area contributed by atoms with Crippen LogP contribution in [0.1, 0.15) is 40.0 Å². The van der Waals surface area contributed by atoms with E-state index in [-0.39, 0.29) is 6.61 Å². The van der Waals surface area contributed by atoms with Crippen LogP contribution in [0.25, 0.3) is 5.78 Å². The Morgan fingerprint density at radius 2 is 2.18 bits per heavy atom. The molecule has 3 aromatic rings. The van der Waals surface area contributed by atoms with E-state index in [2.05, 4.69) is 20.2 Å². The number of nitrogens with zero attached hydrogens (tertiary/aromatic N) is 5. The van der Waals surface area contributed by atoms with Gasteiger partial charge in [0.05, 0.1) is 22.5 Å². The maximum absolute atomic E-state index is 12.3. The van der Waals surface area contributed by atoms with Gasteiger partial charge in [0.1, 0.15) is 18.7 Å². The van der Waals surface area contributed by atoms with Crippen molar-refractivity contribution in [1.82, 2.24) is 24.7 Å². The van der Waals surface area contributed by atoms with Gasteiger partial charge in [0.15, 0.2) is 0 Å². The van der Waals surface area contributed by atoms with E-state index in [1.54, 1.807) is 18.4 Å². The monoisotopic (exact) mass is 301 g/mol. The second-order valence-electron chi connectivity index (χ2n) is 4.82. The van der Waals surface area contributed by atoms with Crippen molar-refractivity contribution < 1.29 is 14.1 Å². The summed E-state index contributed by atoms with van der Waals surface area (Å²) in [5.74, 6) is 0.645. The van der Waals surface area contributed by atoms with Gasteiger partial charge < -0.3 is 9.26 Å². The standard InChI is InChI=1S/C14H15N5O3/c1-4-12-10(5-15-14-16-7-17-19(12)14)13(20)21-6-11-8(2)18-22-9(11)3/h5,7H,4,6H2,1-3H3. The largest absolute Gasteiger partial charge is 0.457 e. The molecule has 0 spiro atoms. The van der Waals surface area contributed by atoms with Crippen LogP contribution in [0, 0.1) is 13.8 Å². The van der Waals surface area contributed by atoms with E-state index in [1.165, 1.54) is 12.5 Å². The third-order valence-electron chi connectivity index (χ3n) is 3.49. The van der Waals surface area contributed by atoms with Gasteiger partial charge in [-0.15, -0.1) is 0 Å². The first kappa shape index (κ1) is 14.2. The topological polar surface area (TPSA) is 95.4 Å². The van der Waals surface area contributed by atoms with E-state index in [0.29, 0.717) is 34.9 Å². The summed E-state index contributed by atoms with van der Waals surface area (Å²) in [5, 5.41) is 7.91. The molecule has 8 heteroatoms. The third kappa shape index (κ3) is 2.32. The lowest BCUT2D eigenvalue weighted by Gasteiger charge is -2.09. The van der Waals surface area contributed by atoms with Crippen molar-refractivity contribution in [2.45, 2.75) is 33.8 Å². The van der Waals surface area contributed by atoms with Crippen LogP contribution in [-0.4, -0.2) is 30.7 Å². The average Bonchev–Trinajstić information content (AvgIpc) is 3.11. The Morgan fingerprint density at radius 1 is 1.36 bits per heavy atom. The average molecular weight is 301 g/mol. The highest BCUT2D eigenvalue weighted by molar-refractivity contribution is 5.90. The van der Waals surface area contributed by atoms with Crippen LogP contribution in [0.2, 0.25) is 0 Å². The Kier molecular flexibility index (Phi) is 3.58. The van der Waals surface area contributed by atoms with Gasteiger partial charge in [-0.05, 0) is 20.3 Å². The zero-order valence-corrected chi connectivity index (χ0v) is 12.5. The van der Waals surface area contributed by atoms with Crippen LogP contribution >= 0.6 is 0 Å². The number of carbonyl (C=O) groups is 1. The van der Waals surface area contributed by atoms with Gasteiger partial charge in [-0.3, -0.25) is 0 Å². The predicted molar refractivity (Wildman–Crippen MR) is 75.3 cm³/mol. The molecule has 0 atom stereocenters. The summed E-state index contributed by atoms with van der Waals surface area (Å²) in [6, 6.07) is 0. The van der Waals surface area contributed by atoms with Gasteiger partial charge in [-0.25, -0.2) is 14.3 Å². The van der Waals surface area contributed by atoms with E-state index >= 15 is 0 Å². The van der Waals surface area contributed by atoms with Crippen molar-refractivity contribution in [1.29, 1.82) is 0 Å². The number of hydrogen-bond donors (Lipinski definition) is 0. The summed E-state index contributed by atoms with van der Waals surface area (Å²) >= 11 is 0. The second kappa shape index (κ2) is 5.55. The SMILES string of the molecule is CCc1c(C(=O)OCc2c(C)noc2C)cnc2ncnn12. The van der Waals surface area contributed by atoms with Crippen LogP contribution < -0.4 is 0 Å². The van der Waals surface area contributed by atoms with Crippen molar-refractivity contribution in [3.8, 4) is 0 Å². The molecule has 3 aromatic heterocycles. The fraction of sp³-hybridized carbons (Fsp3) is 0.357. The molecular formula is C14H15N5O3. The van der Waals surface area contributed by atoms with E-state index in [9.17, 15) is 4.79 Å². The Balaban J connectivity index is 1.86. The Bertz CT molecular complexity index is 817. The highest BCUT2D eigenvalue weighted by Gasteiger charge is 2.18. The van der Waals surface area contributed by atoms with Crippen molar-refractivity contribution in [2.75, 3.05) is 0 Å². The quantitative estimate of drug-likeness (QED) is 0.676. The first-order chi connectivity index (χ1) is 10.6. The summed E-state index contributed by atoms with van der Waals surface area (Å²) < 4.78 is 12.0. The number of aryl methyl sites for hydroxylation is 3. The molecule has 3 heterocycles. The van der Waals surface area contributed by atoms with Gasteiger partial charge in [-0.1, -0.05) is 12.1 Å². The van der Waals surface area contributed by atoms with Crippen LogP contribution in [0.15, 0.2) is 17.0 Å². The maximum atomic E-state index is 12.3. The van der Waals surface area contributed by atoms with Gasteiger partial charge in [0.25, 0.3) is 5.78 Å². The fourth-order valence-corrected chi connectivity index (χ4v) is 2.26. The van der Waals surface area contributed by atoms with Gasteiger partial charge in [0, 0.05) is 6.20 Å². The van der Waals surface area contributed by atoms with Gasteiger partial charge in [-0.2, -0.15) is 10.1 Å². The molecule has 0 N–H and O–H groups in total. The number of hydrogen-bond acceptors (Lipinski definition) is 7. The minimum Gasteiger partial charge on any atom is -0.457 e. The molecule has 0 saturated heterocycles. The van der Waals surface area contributed by atoms with E-state index in [0.717, 1.165) is 5.56 Å². The Hall–Kier alpha value is -2.77. The molecule has 3 rings (SSSR count). The normalized spacial score (nSPS) is 11.0. The lowest BCUT2D eigenvalue weighted by molar-refractivity contribution is 0.0468. The molecule has 0 aliphatic carbocycles. The van der Waals surface area contributed by atoms with Crippen LogP contribution in [0.5, 0.6) is 0 Å². The molecule has 0 amide bonds. The number of fused-ring (bicyclic) bond motifs is 1. The summed E-state index contributed by atoms with van der Waals surface area (Å²) in [4.78, 5) is 20.4. The number of aromatic nitrogens is 5. The first-order valence-corrected chi connectivity index (χ1v) is 6.88. The second-order valence-corrected chi connectivity index (χ2v) is 4.82. The van der Waals surface area contributed by atoms with Crippen molar-refractivity contribution in [2.24, 2.45) is 0 Å². The zero-order chi connectivity index (χ0) is 15.7. The third-order valence-corrected chi connectivity index (χ3v) is 3.49. The van der Waals surface area contributed by atoms with Crippen molar-refractivity contribution >= 4 is 11.7 Å². The molecule has 8 nitrogen and oxygen atoms in total. The fourth-order valence-electron chi connectivity index (χ4n) is 2.26. The lowest BCUT2D eigenvalue weighted by atomic mass is 10.2. The Morgan fingerprint density at radius 3 is 2.86 bits per heavy atom. The minimum atomic E-state index is -0.457. The first-order valence-electron chi connectivity index (χ1n) is 6.88. The van der Waals surface area contributed by atoms with Crippen LogP contribution in [0.4, 0.5) is 0 Å². The molecule has 0 bridgehead atoms. The number of rotatable bonds is 4. The van der Waals surface area contributed by atoms with Gasteiger partial charge >= 0.3 is 5.97 Å². The van der Waals surface area contributed by atoms with E-state index in [4.69, 9.17) is 9.26 Å². The molecular weight excluding hydrogens is 286 g/mol. The van der Waals surface area contributed by atoms with E-state index in [1.807, 2.05) is 6.92 Å². The predicted octanol–water partition coefficient (Wildman–Crippen LogP) is 1.65. The summed E-state index contributed by atoms with van der Waals surface area (Å²) in [5.41, 5.74) is 2.59. The molecule has 0 aliphatic heterocycles. The molecule has 0 unspecified atom stereocenters.